The van der Waals surface area contributed by atoms with Gasteiger partial charge in [-0.15, -0.1) is 0 Å². The molecular weight excluding hydrogens is 793 g/mol. The van der Waals surface area contributed by atoms with Crippen molar-refractivity contribution in [2.75, 3.05) is 44.9 Å². The SMILES string of the molecule is CC(C)C(NC(=O)CN(C)C(=O)/C=C\C=O)C(=O)N[C@@H](CCCNC(N)=O)C(N)=O.CSCc1cc2nc(c1)OCCCOc1cc(F)ccc1-c1cc(ncc1F)N2. The van der Waals surface area contributed by atoms with Crippen LogP contribution in [-0.2, 0) is 29.7 Å². The second-order valence-electron chi connectivity index (χ2n) is 13.4. The van der Waals surface area contributed by atoms with Crippen LogP contribution in [0.15, 0.2) is 54.7 Å². The van der Waals surface area contributed by atoms with Gasteiger partial charge in [0, 0.05) is 55.1 Å². The molecule has 3 heterocycles. The molecule has 17 nitrogen and oxygen atoms in total. The molecule has 2 atom stereocenters. The Morgan fingerprint density at radius 1 is 1.02 bits per heavy atom. The van der Waals surface area contributed by atoms with Gasteiger partial charge < -0.3 is 47.1 Å². The number of aldehydes is 1. The molecule has 59 heavy (non-hydrogen) atoms. The molecule has 3 aromatic rings. The Morgan fingerprint density at radius 3 is 2.44 bits per heavy atom. The van der Waals surface area contributed by atoms with E-state index in [0.717, 1.165) is 34.6 Å². The molecule has 0 saturated carbocycles. The van der Waals surface area contributed by atoms with Crippen LogP contribution in [0, 0.1) is 17.6 Å². The van der Waals surface area contributed by atoms with Gasteiger partial charge in [-0.1, -0.05) is 13.8 Å². The fourth-order valence-corrected chi connectivity index (χ4v) is 5.91. The maximum absolute atomic E-state index is 14.6. The fourth-order valence-electron chi connectivity index (χ4n) is 5.41. The van der Waals surface area contributed by atoms with Crippen LogP contribution in [0.5, 0.6) is 11.6 Å². The fraction of sp³-hybridized carbons (Fsp3) is 0.385. The Kier molecular flexibility index (Phi) is 19.0. The van der Waals surface area contributed by atoms with Gasteiger partial charge in [0.15, 0.2) is 0 Å². The van der Waals surface area contributed by atoms with E-state index in [1.165, 1.54) is 25.2 Å². The van der Waals surface area contributed by atoms with Crippen molar-refractivity contribution in [2.24, 2.45) is 17.4 Å². The Morgan fingerprint density at radius 2 is 1.76 bits per heavy atom. The van der Waals surface area contributed by atoms with E-state index in [9.17, 15) is 37.5 Å². The number of nitrogens with two attached hydrogens (primary N) is 2. The molecule has 1 aliphatic rings. The Bertz CT molecular complexity index is 1990. The van der Waals surface area contributed by atoms with E-state index in [1.807, 2.05) is 18.4 Å². The van der Waals surface area contributed by atoms with Gasteiger partial charge in [-0.3, -0.25) is 24.0 Å². The van der Waals surface area contributed by atoms with E-state index in [-0.39, 0.29) is 36.7 Å². The lowest BCUT2D eigenvalue weighted by Gasteiger charge is -2.25. The van der Waals surface area contributed by atoms with Crippen LogP contribution in [0.2, 0.25) is 0 Å². The number of hydrogen-bond acceptors (Lipinski definition) is 12. The minimum Gasteiger partial charge on any atom is -0.493 e. The normalized spacial score (nSPS) is 13.0. The number of pyridine rings is 2. The van der Waals surface area contributed by atoms with Gasteiger partial charge in [-0.05, 0) is 60.9 Å². The van der Waals surface area contributed by atoms with Crippen LogP contribution in [0.1, 0.15) is 38.7 Å². The monoisotopic (exact) mass is 841 g/mol. The predicted octanol–water partition coefficient (Wildman–Crippen LogP) is 2.95. The predicted molar refractivity (Wildman–Crippen MR) is 217 cm³/mol. The second-order valence-corrected chi connectivity index (χ2v) is 14.2. The summed E-state index contributed by atoms with van der Waals surface area (Å²) in [7, 11) is 1.37. The van der Waals surface area contributed by atoms with Gasteiger partial charge in [0.25, 0.3) is 0 Å². The first-order valence-corrected chi connectivity index (χ1v) is 19.8. The van der Waals surface area contributed by atoms with E-state index in [0.29, 0.717) is 55.4 Å². The summed E-state index contributed by atoms with van der Waals surface area (Å²) >= 11 is 1.69. The molecule has 0 fully saturated rings. The minimum atomic E-state index is -0.997. The van der Waals surface area contributed by atoms with Crippen molar-refractivity contribution in [1.82, 2.24) is 30.8 Å². The molecule has 318 valence electrons. The van der Waals surface area contributed by atoms with Crippen molar-refractivity contribution in [1.29, 1.82) is 0 Å². The highest BCUT2D eigenvalue weighted by Gasteiger charge is 2.28. The maximum Gasteiger partial charge on any atom is 0.312 e. The molecule has 2 aromatic heterocycles. The molecule has 0 saturated heterocycles. The average molecular weight is 842 g/mol. The third-order valence-corrected chi connectivity index (χ3v) is 8.90. The zero-order chi connectivity index (χ0) is 43.5. The summed E-state index contributed by atoms with van der Waals surface area (Å²) in [4.78, 5) is 78.7. The topological polar surface area (TPSA) is 250 Å². The Hall–Kier alpha value is -6.31. The maximum atomic E-state index is 14.6. The van der Waals surface area contributed by atoms with Crippen molar-refractivity contribution in [2.45, 2.75) is 50.9 Å². The van der Waals surface area contributed by atoms with Crippen molar-refractivity contribution >= 4 is 59.3 Å². The summed E-state index contributed by atoms with van der Waals surface area (Å²) in [6.07, 6.45) is 6.67. The van der Waals surface area contributed by atoms with Gasteiger partial charge in [-0.2, -0.15) is 16.7 Å². The van der Waals surface area contributed by atoms with Gasteiger partial charge in [0.05, 0.1) is 26.0 Å². The Balaban J connectivity index is 0.000000315. The number of halogens is 2. The van der Waals surface area contributed by atoms with Crippen molar-refractivity contribution in [3.05, 3.63) is 71.9 Å². The highest BCUT2D eigenvalue weighted by Crippen LogP contribution is 2.34. The number of rotatable bonds is 15. The molecule has 8 N–H and O–H groups in total. The number of nitrogens with one attached hydrogen (secondary N) is 4. The molecule has 20 heteroatoms. The number of amides is 6. The first-order chi connectivity index (χ1) is 28.1. The number of hydrogen-bond donors (Lipinski definition) is 6. The van der Waals surface area contributed by atoms with Gasteiger partial charge in [-0.25, -0.2) is 18.6 Å². The summed E-state index contributed by atoms with van der Waals surface area (Å²) in [5.74, 6) is -1.28. The van der Waals surface area contributed by atoms with Gasteiger partial charge in [0.2, 0.25) is 29.5 Å². The summed E-state index contributed by atoms with van der Waals surface area (Å²) < 4.78 is 39.8. The largest absolute Gasteiger partial charge is 0.493 e. The lowest BCUT2D eigenvalue weighted by Crippen LogP contribution is -2.56. The average Bonchev–Trinajstić information content (AvgIpc) is 3.17. The quantitative estimate of drug-likeness (QED) is 0.0735. The number of aromatic nitrogens is 2. The van der Waals surface area contributed by atoms with Crippen LogP contribution in [0.3, 0.4) is 0 Å². The number of nitrogens with zero attached hydrogens (tertiary/aromatic N) is 3. The highest BCUT2D eigenvalue weighted by atomic mass is 32.2. The van der Waals surface area contributed by atoms with Gasteiger partial charge in [0.1, 0.15) is 47.4 Å². The zero-order valence-corrected chi connectivity index (χ0v) is 33.9. The number of thioether (sulfide) groups is 1. The number of urea groups is 1. The molecule has 1 aromatic carbocycles. The third kappa shape index (κ3) is 15.9. The number of carbonyl (C=O) groups is 6. The molecule has 0 radical (unpaired) electrons. The number of benzene rings is 1. The summed E-state index contributed by atoms with van der Waals surface area (Å²) in [5.41, 5.74) is 12.0. The second kappa shape index (κ2) is 23.8. The Labute approximate surface area is 344 Å². The lowest BCUT2D eigenvalue weighted by molar-refractivity contribution is -0.134. The van der Waals surface area contributed by atoms with Crippen molar-refractivity contribution in [3.63, 3.8) is 0 Å². The number of likely N-dealkylation sites (N-methyl/N-ethyl adjacent to an activating group) is 1. The number of fused-ring (bicyclic) bond motifs is 6. The third-order valence-electron chi connectivity index (χ3n) is 8.28. The molecule has 4 bridgehead atoms. The van der Waals surface area contributed by atoms with E-state index in [2.05, 4.69) is 31.2 Å². The van der Waals surface area contributed by atoms with Crippen LogP contribution in [0.25, 0.3) is 11.1 Å². The summed E-state index contributed by atoms with van der Waals surface area (Å²) in [6.45, 7) is 3.95. The molecule has 6 amide bonds. The number of primary amides is 2. The molecule has 4 rings (SSSR count). The molecular formula is C39H49F2N9O8S. The van der Waals surface area contributed by atoms with E-state index < -0.39 is 53.4 Å². The zero-order valence-electron chi connectivity index (χ0n) is 33.1. The number of anilines is 2. The van der Waals surface area contributed by atoms with Crippen molar-refractivity contribution in [3.8, 4) is 22.8 Å². The molecule has 0 aliphatic carbocycles. The van der Waals surface area contributed by atoms with Gasteiger partial charge >= 0.3 is 6.03 Å². The molecule has 0 spiro atoms. The van der Waals surface area contributed by atoms with E-state index in [1.54, 1.807) is 31.7 Å². The lowest BCUT2D eigenvalue weighted by atomic mass is 10.0. The number of carbonyl (C=O) groups excluding carboxylic acids is 6. The molecule has 1 aliphatic heterocycles. The van der Waals surface area contributed by atoms with E-state index >= 15 is 0 Å². The number of allylic oxidation sites excluding steroid dienone is 1. The van der Waals surface area contributed by atoms with E-state index in [4.69, 9.17) is 20.9 Å². The summed E-state index contributed by atoms with van der Waals surface area (Å²) in [6, 6.07) is 6.72. The summed E-state index contributed by atoms with van der Waals surface area (Å²) in [5, 5.41) is 10.5. The minimum absolute atomic E-state index is 0.167. The van der Waals surface area contributed by atoms with Crippen LogP contribution in [0.4, 0.5) is 25.2 Å². The first-order valence-electron chi connectivity index (χ1n) is 18.4. The number of ether oxygens (including phenoxy) is 2. The van der Waals surface area contributed by atoms with Crippen molar-refractivity contribution < 1.29 is 47.0 Å². The van der Waals surface area contributed by atoms with Crippen LogP contribution < -0.4 is 42.2 Å². The highest BCUT2D eigenvalue weighted by molar-refractivity contribution is 7.97. The van der Waals surface area contributed by atoms with Crippen LogP contribution in [-0.4, -0.2) is 103 Å². The first kappa shape index (κ1) is 47.1. The standard InChI is InChI=1S/C21H19F2N3O2S.C18H30N6O6/c1-29-12-13-7-20-25-19-10-16(17(23)11-24-19)15-4-3-14(22)9-18(15)27-5-2-6-28-21(8-13)26-20;1-11(2)15(23-13(26)10-24(3)14(27)7-5-9-25)17(29)22-12(16(19)28)6-4-8-21-18(20)30/h3-4,7-11H,2,5-6,12H2,1H3,(H,24,25,26);5,7,9,11-12,15H,4,6,8,10H2,1-3H3,(H2,19,28)(H,22,29)(H,23,26)(H3,20,21,30)/b;7-5-/t;12-,15?/m.0/s1. The smallest absolute Gasteiger partial charge is 0.312 e. The van der Waals surface area contributed by atoms with Crippen LogP contribution >= 0.6 is 11.8 Å². The molecule has 1 unspecified atom stereocenters.